The van der Waals surface area contributed by atoms with Gasteiger partial charge in [-0.1, -0.05) is 0 Å². The highest BCUT2D eigenvalue weighted by atomic mass is 32.1. The van der Waals surface area contributed by atoms with Gasteiger partial charge in [0.1, 0.15) is 0 Å². The molecule has 1 fully saturated rings. The van der Waals surface area contributed by atoms with E-state index in [2.05, 4.69) is 23.7 Å². The highest BCUT2D eigenvalue weighted by molar-refractivity contribution is 7.09. The Balaban J connectivity index is 1.96. The van der Waals surface area contributed by atoms with Gasteiger partial charge in [-0.05, 0) is 39.7 Å². The van der Waals surface area contributed by atoms with Gasteiger partial charge in [-0.25, -0.2) is 4.98 Å². The van der Waals surface area contributed by atoms with Crippen molar-refractivity contribution in [2.45, 2.75) is 51.2 Å². The van der Waals surface area contributed by atoms with E-state index in [0.29, 0.717) is 6.04 Å². The quantitative estimate of drug-likeness (QED) is 0.899. The molecular formula is C13H22N2OS. The smallest absolute Gasteiger partial charge is 0.0953 e. The third-order valence-corrected chi connectivity index (χ3v) is 4.43. The standard InChI is InChI=1S/C13H22N2OS/c1-11(2)15-7-3-4-13(16,5-8-15)10-12-14-6-9-17-12/h6,9,11,16H,3-5,7-8,10H2,1-2H3. The van der Waals surface area contributed by atoms with Crippen molar-refractivity contribution in [2.75, 3.05) is 13.1 Å². The predicted octanol–water partition coefficient (Wildman–Crippen LogP) is 2.31. The Hall–Kier alpha value is -0.450. The zero-order valence-corrected chi connectivity index (χ0v) is 11.5. The predicted molar refractivity (Wildman–Crippen MR) is 71.3 cm³/mol. The molecule has 2 rings (SSSR count). The summed E-state index contributed by atoms with van der Waals surface area (Å²) in [6, 6.07) is 0.581. The molecule has 2 heterocycles. The number of aromatic nitrogens is 1. The molecule has 1 saturated heterocycles. The van der Waals surface area contributed by atoms with Crippen molar-refractivity contribution < 1.29 is 5.11 Å². The van der Waals surface area contributed by atoms with E-state index in [0.717, 1.165) is 43.8 Å². The van der Waals surface area contributed by atoms with E-state index in [4.69, 9.17) is 0 Å². The summed E-state index contributed by atoms with van der Waals surface area (Å²) in [5.74, 6) is 0. The van der Waals surface area contributed by atoms with Crippen LogP contribution in [0.3, 0.4) is 0 Å². The Morgan fingerprint density at radius 2 is 2.29 bits per heavy atom. The van der Waals surface area contributed by atoms with Crippen molar-refractivity contribution in [3.63, 3.8) is 0 Å². The lowest BCUT2D eigenvalue weighted by atomic mass is 9.91. The van der Waals surface area contributed by atoms with Gasteiger partial charge in [-0.15, -0.1) is 11.3 Å². The van der Waals surface area contributed by atoms with Gasteiger partial charge in [0.05, 0.1) is 10.6 Å². The van der Waals surface area contributed by atoms with Crippen LogP contribution in [-0.2, 0) is 6.42 Å². The van der Waals surface area contributed by atoms with Gasteiger partial charge < -0.3 is 10.0 Å². The van der Waals surface area contributed by atoms with Gasteiger partial charge in [0.15, 0.2) is 0 Å². The molecule has 1 aromatic heterocycles. The number of hydrogen-bond donors (Lipinski definition) is 1. The van der Waals surface area contributed by atoms with Gasteiger partial charge in [0.25, 0.3) is 0 Å². The molecule has 0 aromatic carbocycles. The minimum absolute atomic E-state index is 0.540. The Morgan fingerprint density at radius 1 is 1.47 bits per heavy atom. The number of nitrogens with zero attached hydrogens (tertiary/aromatic N) is 2. The Labute approximate surface area is 107 Å². The van der Waals surface area contributed by atoms with E-state index >= 15 is 0 Å². The molecule has 1 aromatic rings. The Bertz CT molecular complexity index is 339. The van der Waals surface area contributed by atoms with E-state index in [9.17, 15) is 5.11 Å². The minimum atomic E-state index is -0.540. The fourth-order valence-electron chi connectivity index (χ4n) is 2.51. The van der Waals surface area contributed by atoms with Crippen LogP contribution in [0.5, 0.6) is 0 Å². The summed E-state index contributed by atoms with van der Waals surface area (Å²) in [5.41, 5.74) is -0.540. The third kappa shape index (κ3) is 3.50. The summed E-state index contributed by atoms with van der Waals surface area (Å²) < 4.78 is 0. The monoisotopic (exact) mass is 254 g/mol. The maximum atomic E-state index is 10.7. The van der Waals surface area contributed by atoms with Crippen LogP contribution < -0.4 is 0 Å². The van der Waals surface area contributed by atoms with Crippen LogP contribution in [0.15, 0.2) is 11.6 Å². The first-order valence-corrected chi connectivity index (χ1v) is 7.32. The van der Waals surface area contributed by atoms with Crippen molar-refractivity contribution in [2.24, 2.45) is 0 Å². The first-order chi connectivity index (χ1) is 8.09. The highest BCUT2D eigenvalue weighted by Gasteiger charge is 2.31. The second-order valence-corrected chi connectivity index (χ2v) is 6.29. The molecule has 0 saturated carbocycles. The van der Waals surface area contributed by atoms with Crippen LogP contribution in [0.1, 0.15) is 38.1 Å². The number of aliphatic hydroxyl groups is 1. The van der Waals surface area contributed by atoms with E-state index in [1.807, 2.05) is 11.6 Å². The molecule has 1 unspecified atom stereocenters. The summed E-state index contributed by atoms with van der Waals surface area (Å²) in [4.78, 5) is 6.74. The van der Waals surface area contributed by atoms with Crippen molar-refractivity contribution >= 4 is 11.3 Å². The fourth-order valence-corrected chi connectivity index (χ4v) is 3.27. The lowest BCUT2D eigenvalue weighted by Gasteiger charge is -2.27. The van der Waals surface area contributed by atoms with Crippen molar-refractivity contribution in [1.82, 2.24) is 9.88 Å². The van der Waals surface area contributed by atoms with Gasteiger partial charge >= 0.3 is 0 Å². The topological polar surface area (TPSA) is 36.4 Å². The maximum Gasteiger partial charge on any atom is 0.0953 e. The molecule has 0 aliphatic carbocycles. The first-order valence-electron chi connectivity index (χ1n) is 6.44. The average molecular weight is 254 g/mol. The van der Waals surface area contributed by atoms with Crippen molar-refractivity contribution in [1.29, 1.82) is 0 Å². The molecule has 0 amide bonds. The molecule has 0 radical (unpaired) electrons. The summed E-state index contributed by atoms with van der Waals surface area (Å²) in [6.45, 7) is 6.56. The maximum absolute atomic E-state index is 10.7. The molecule has 4 heteroatoms. The second-order valence-electron chi connectivity index (χ2n) is 5.31. The molecular weight excluding hydrogens is 232 g/mol. The molecule has 0 bridgehead atoms. The number of likely N-dealkylation sites (tertiary alicyclic amines) is 1. The highest BCUT2D eigenvalue weighted by Crippen LogP contribution is 2.27. The van der Waals surface area contributed by atoms with Crippen LogP contribution in [0.2, 0.25) is 0 Å². The normalized spacial score (nSPS) is 27.3. The third-order valence-electron chi connectivity index (χ3n) is 3.65. The van der Waals surface area contributed by atoms with Crippen LogP contribution in [0.25, 0.3) is 0 Å². The van der Waals surface area contributed by atoms with Gasteiger partial charge in [0, 0.05) is 30.6 Å². The minimum Gasteiger partial charge on any atom is -0.389 e. The Morgan fingerprint density at radius 3 is 2.94 bits per heavy atom. The summed E-state index contributed by atoms with van der Waals surface area (Å²) in [5, 5.41) is 13.7. The van der Waals surface area contributed by atoms with E-state index in [-0.39, 0.29) is 0 Å². The summed E-state index contributed by atoms with van der Waals surface area (Å²) in [6.07, 6.45) is 5.39. The zero-order chi connectivity index (χ0) is 12.3. The molecule has 1 aliphatic heterocycles. The summed E-state index contributed by atoms with van der Waals surface area (Å²) in [7, 11) is 0. The zero-order valence-electron chi connectivity index (χ0n) is 10.7. The molecule has 0 spiro atoms. The molecule has 1 N–H and O–H groups in total. The second kappa shape index (κ2) is 5.46. The summed E-state index contributed by atoms with van der Waals surface area (Å²) >= 11 is 1.64. The van der Waals surface area contributed by atoms with Gasteiger partial charge in [-0.2, -0.15) is 0 Å². The van der Waals surface area contributed by atoms with E-state index < -0.39 is 5.60 Å². The molecule has 96 valence electrons. The van der Waals surface area contributed by atoms with Crippen molar-refractivity contribution in [3.8, 4) is 0 Å². The molecule has 1 aliphatic rings. The number of rotatable bonds is 3. The lowest BCUT2D eigenvalue weighted by Crippen LogP contribution is -2.35. The van der Waals surface area contributed by atoms with Crippen LogP contribution in [0, 0.1) is 0 Å². The van der Waals surface area contributed by atoms with E-state index in [1.54, 1.807) is 11.3 Å². The number of thiazole rings is 1. The molecule has 3 nitrogen and oxygen atoms in total. The SMILES string of the molecule is CC(C)N1CCCC(O)(Cc2nccs2)CC1. The Kier molecular flexibility index (Phi) is 4.17. The van der Waals surface area contributed by atoms with Crippen LogP contribution >= 0.6 is 11.3 Å². The largest absolute Gasteiger partial charge is 0.389 e. The van der Waals surface area contributed by atoms with E-state index in [1.165, 1.54) is 0 Å². The number of hydrogen-bond acceptors (Lipinski definition) is 4. The average Bonchev–Trinajstić information content (AvgIpc) is 2.67. The molecule has 17 heavy (non-hydrogen) atoms. The fraction of sp³-hybridized carbons (Fsp3) is 0.769. The van der Waals surface area contributed by atoms with Gasteiger partial charge in [0.2, 0.25) is 0 Å². The van der Waals surface area contributed by atoms with Crippen LogP contribution in [-0.4, -0.2) is 39.7 Å². The van der Waals surface area contributed by atoms with Crippen molar-refractivity contribution in [3.05, 3.63) is 16.6 Å². The first kappa shape index (κ1) is 13.0. The van der Waals surface area contributed by atoms with Crippen LogP contribution in [0.4, 0.5) is 0 Å². The molecule has 1 atom stereocenters. The van der Waals surface area contributed by atoms with Gasteiger partial charge in [-0.3, -0.25) is 0 Å². The lowest BCUT2D eigenvalue weighted by molar-refractivity contribution is 0.0248.